The van der Waals surface area contributed by atoms with Crippen molar-refractivity contribution >= 4 is 15.9 Å². The van der Waals surface area contributed by atoms with Gasteiger partial charge in [-0.1, -0.05) is 0 Å². The molecule has 0 aliphatic carbocycles. The highest BCUT2D eigenvalue weighted by molar-refractivity contribution is 9.10. The van der Waals surface area contributed by atoms with Crippen LogP contribution < -0.4 is 5.32 Å². The first-order chi connectivity index (χ1) is 8.20. The molecule has 0 aliphatic rings. The number of pyridine rings is 2. The van der Waals surface area contributed by atoms with Gasteiger partial charge in [0.2, 0.25) is 0 Å². The van der Waals surface area contributed by atoms with Crippen LogP contribution in [0.5, 0.6) is 0 Å². The average Bonchev–Trinajstić information content (AvgIpc) is 2.30. The third-order valence-electron chi connectivity index (χ3n) is 2.41. The van der Waals surface area contributed by atoms with Crippen molar-refractivity contribution in [1.82, 2.24) is 15.3 Å². The predicted molar refractivity (Wildman–Crippen MR) is 67.0 cm³/mol. The minimum Gasteiger partial charge on any atom is -0.309 e. The van der Waals surface area contributed by atoms with Crippen LogP contribution in [-0.2, 0) is 0 Å². The molecule has 0 aromatic carbocycles. The predicted octanol–water partition coefficient (Wildman–Crippen LogP) is 2.69. The molecule has 17 heavy (non-hydrogen) atoms. The van der Waals surface area contributed by atoms with Crippen molar-refractivity contribution in [2.45, 2.75) is 6.04 Å². The highest BCUT2D eigenvalue weighted by Crippen LogP contribution is 2.23. The lowest BCUT2D eigenvalue weighted by molar-refractivity contribution is 0.608. The third kappa shape index (κ3) is 2.87. The fourth-order valence-corrected chi connectivity index (χ4v) is 2.08. The van der Waals surface area contributed by atoms with E-state index in [1.807, 2.05) is 13.1 Å². The van der Waals surface area contributed by atoms with Crippen LogP contribution in [0.3, 0.4) is 0 Å². The number of rotatable bonds is 3. The highest BCUT2D eigenvalue weighted by Gasteiger charge is 2.13. The number of hydrogen-bond donors (Lipinski definition) is 1. The maximum absolute atomic E-state index is 13.1. The number of nitrogens with zero attached hydrogens (tertiary/aromatic N) is 2. The molecule has 88 valence electrons. The summed E-state index contributed by atoms with van der Waals surface area (Å²) in [5.41, 5.74) is 1.72. The van der Waals surface area contributed by atoms with E-state index in [-0.39, 0.29) is 11.9 Å². The molecule has 0 aliphatic heterocycles. The van der Waals surface area contributed by atoms with E-state index < -0.39 is 0 Å². The van der Waals surface area contributed by atoms with Gasteiger partial charge in [-0.3, -0.25) is 9.97 Å². The Balaban J connectivity index is 2.40. The van der Waals surface area contributed by atoms with E-state index in [1.54, 1.807) is 18.6 Å². The van der Waals surface area contributed by atoms with Gasteiger partial charge in [-0.2, -0.15) is 0 Å². The third-order valence-corrected chi connectivity index (χ3v) is 2.84. The van der Waals surface area contributed by atoms with Crippen LogP contribution in [0.15, 0.2) is 41.4 Å². The summed E-state index contributed by atoms with van der Waals surface area (Å²) in [5, 5.41) is 3.12. The standard InChI is InChI=1S/C12H11BrFN3/c1-15-12(8-2-10(13)6-16-4-8)9-3-11(14)7-17-5-9/h2-7,12,15H,1H3. The van der Waals surface area contributed by atoms with E-state index in [2.05, 4.69) is 31.2 Å². The quantitative estimate of drug-likeness (QED) is 0.946. The molecule has 2 heterocycles. The Morgan fingerprint density at radius 3 is 2.35 bits per heavy atom. The van der Waals surface area contributed by atoms with Crippen molar-refractivity contribution < 1.29 is 4.39 Å². The minimum atomic E-state index is -0.342. The first kappa shape index (κ1) is 12.1. The molecule has 0 fully saturated rings. The van der Waals surface area contributed by atoms with Gasteiger partial charge in [0.25, 0.3) is 0 Å². The molecule has 0 amide bonds. The van der Waals surface area contributed by atoms with Crippen LogP contribution >= 0.6 is 15.9 Å². The van der Waals surface area contributed by atoms with Crippen molar-refractivity contribution in [1.29, 1.82) is 0 Å². The molecule has 5 heteroatoms. The Morgan fingerprint density at radius 1 is 1.12 bits per heavy atom. The van der Waals surface area contributed by atoms with E-state index in [4.69, 9.17) is 0 Å². The fourth-order valence-electron chi connectivity index (χ4n) is 1.70. The lowest BCUT2D eigenvalue weighted by Gasteiger charge is -2.16. The number of nitrogens with one attached hydrogen (secondary N) is 1. The summed E-state index contributed by atoms with van der Waals surface area (Å²) in [5.74, 6) is -0.342. The van der Waals surface area contributed by atoms with Crippen LogP contribution in [0.25, 0.3) is 0 Å². The van der Waals surface area contributed by atoms with Crippen molar-refractivity contribution in [3.63, 3.8) is 0 Å². The van der Waals surface area contributed by atoms with E-state index in [0.717, 1.165) is 15.6 Å². The van der Waals surface area contributed by atoms with Gasteiger partial charge in [0.15, 0.2) is 0 Å². The van der Waals surface area contributed by atoms with Gasteiger partial charge >= 0.3 is 0 Å². The maximum atomic E-state index is 13.1. The summed E-state index contributed by atoms with van der Waals surface area (Å²) < 4.78 is 14.0. The molecule has 1 N–H and O–H groups in total. The maximum Gasteiger partial charge on any atom is 0.141 e. The first-order valence-electron chi connectivity index (χ1n) is 5.09. The van der Waals surface area contributed by atoms with Gasteiger partial charge in [-0.25, -0.2) is 4.39 Å². The van der Waals surface area contributed by atoms with Gasteiger partial charge < -0.3 is 5.32 Å². The van der Waals surface area contributed by atoms with Gasteiger partial charge in [-0.15, -0.1) is 0 Å². The van der Waals surface area contributed by atoms with Gasteiger partial charge in [0, 0.05) is 23.1 Å². The summed E-state index contributed by atoms with van der Waals surface area (Å²) in [6, 6.07) is 3.29. The second-order valence-electron chi connectivity index (χ2n) is 3.59. The molecule has 2 rings (SSSR count). The fraction of sp³-hybridized carbons (Fsp3) is 0.167. The Labute approximate surface area is 107 Å². The molecular weight excluding hydrogens is 285 g/mol. The van der Waals surface area contributed by atoms with Crippen LogP contribution in [0.1, 0.15) is 17.2 Å². The molecule has 2 aromatic rings. The Hall–Kier alpha value is -1.33. The zero-order chi connectivity index (χ0) is 12.3. The molecule has 3 nitrogen and oxygen atoms in total. The largest absolute Gasteiger partial charge is 0.309 e. The SMILES string of the molecule is CNC(c1cncc(F)c1)c1cncc(Br)c1. The van der Waals surface area contributed by atoms with E-state index >= 15 is 0 Å². The van der Waals surface area contributed by atoms with Gasteiger partial charge in [-0.05, 0) is 46.2 Å². The van der Waals surface area contributed by atoms with E-state index in [9.17, 15) is 4.39 Å². The smallest absolute Gasteiger partial charge is 0.141 e. The van der Waals surface area contributed by atoms with Gasteiger partial charge in [0.05, 0.1) is 12.2 Å². The van der Waals surface area contributed by atoms with Crippen LogP contribution in [0.4, 0.5) is 4.39 Å². The summed E-state index contributed by atoms with van der Waals surface area (Å²) in [6.45, 7) is 0. The molecule has 0 saturated carbocycles. The summed E-state index contributed by atoms with van der Waals surface area (Å²) >= 11 is 3.37. The summed E-state index contributed by atoms with van der Waals surface area (Å²) in [7, 11) is 1.82. The zero-order valence-corrected chi connectivity index (χ0v) is 10.8. The zero-order valence-electron chi connectivity index (χ0n) is 9.19. The van der Waals surface area contributed by atoms with Crippen molar-refractivity contribution in [2.24, 2.45) is 0 Å². The topological polar surface area (TPSA) is 37.8 Å². The monoisotopic (exact) mass is 295 g/mol. The Morgan fingerprint density at radius 2 is 1.76 bits per heavy atom. The number of hydrogen-bond acceptors (Lipinski definition) is 3. The van der Waals surface area contributed by atoms with Gasteiger partial charge in [0.1, 0.15) is 5.82 Å². The second kappa shape index (κ2) is 5.33. The van der Waals surface area contributed by atoms with E-state index in [1.165, 1.54) is 12.3 Å². The molecule has 1 unspecified atom stereocenters. The number of halogens is 2. The minimum absolute atomic E-state index is 0.122. The van der Waals surface area contributed by atoms with Crippen LogP contribution in [-0.4, -0.2) is 17.0 Å². The lowest BCUT2D eigenvalue weighted by Crippen LogP contribution is -2.18. The molecule has 1 atom stereocenters. The van der Waals surface area contributed by atoms with Crippen molar-refractivity contribution in [3.8, 4) is 0 Å². The normalized spacial score (nSPS) is 12.4. The molecule has 2 aromatic heterocycles. The summed E-state index contributed by atoms with van der Waals surface area (Å²) in [4.78, 5) is 7.95. The molecule has 0 spiro atoms. The Bertz CT molecular complexity index is 473. The molecule has 0 radical (unpaired) electrons. The van der Waals surface area contributed by atoms with E-state index in [0.29, 0.717) is 0 Å². The summed E-state index contributed by atoms with van der Waals surface area (Å²) in [6.07, 6.45) is 6.29. The Kier molecular flexibility index (Phi) is 3.81. The molecule has 0 bridgehead atoms. The van der Waals surface area contributed by atoms with Crippen molar-refractivity contribution in [3.05, 3.63) is 58.3 Å². The highest BCUT2D eigenvalue weighted by atomic mass is 79.9. The average molecular weight is 296 g/mol. The van der Waals surface area contributed by atoms with Crippen LogP contribution in [0.2, 0.25) is 0 Å². The molecular formula is C12H11BrFN3. The van der Waals surface area contributed by atoms with Crippen LogP contribution in [0, 0.1) is 5.82 Å². The lowest BCUT2D eigenvalue weighted by atomic mass is 10.0. The number of aromatic nitrogens is 2. The molecule has 0 saturated heterocycles. The van der Waals surface area contributed by atoms with Crippen molar-refractivity contribution in [2.75, 3.05) is 7.05 Å². The first-order valence-corrected chi connectivity index (χ1v) is 5.88. The second-order valence-corrected chi connectivity index (χ2v) is 4.51.